The molecule has 2 rings (SSSR count). The molecule has 0 bridgehead atoms. The van der Waals surface area contributed by atoms with Crippen LogP contribution in [-0.4, -0.2) is 17.0 Å². The summed E-state index contributed by atoms with van der Waals surface area (Å²) in [4.78, 5) is 22.9. The van der Waals surface area contributed by atoms with Crippen molar-refractivity contribution in [1.29, 1.82) is 0 Å². The summed E-state index contributed by atoms with van der Waals surface area (Å²) in [5, 5.41) is 11.7. The Kier molecular flexibility index (Phi) is 3.42. The van der Waals surface area contributed by atoms with Crippen molar-refractivity contribution in [2.45, 2.75) is 25.3 Å². The van der Waals surface area contributed by atoms with Crippen molar-refractivity contribution in [2.75, 3.05) is 0 Å². The van der Waals surface area contributed by atoms with E-state index in [1.807, 2.05) is 6.07 Å². The SMILES string of the molecule is O=C(N[C@H](C(=O)O)c1ccccc1)C1CCC1. The topological polar surface area (TPSA) is 66.4 Å². The zero-order valence-electron chi connectivity index (χ0n) is 9.43. The van der Waals surface area contributed by atoms with Crippen molar-refractivity contribution in [3.05, 3.63) is 35.9 Å². The highest BCUT2D eigenvalue weighted by molar-refractivity contribution is 5.86. The molecule has 0 heterocycles. The number of aliphatic carboxylic acids is 1. The Balaban J connectivity index is 2.07. The number of hydrogen-bond donors (Lipinski definition) is 2. The molecule has 17 heavy (non-hydrogen) atoms. The second-order valence-corrected chi connectivity index (χ2v) is 4.32. The van der Waals surface area contributed by atoms with Gasteiger partial charge in [-0.15, -0.1) is 0 Å². The van der Waals surface area contributed by atoms with Gasteiger partial charge in [-0.1, -0.05) is 36.8 Å². The Morgan fingerprint density at radius 3 is 2.35 bits per heavy atom. The first kappa shape index (κ1) is 11.6. The Morgan fingerprint density at radius 2 is 1.88 bits per heavy atom. The molecule has 0 unspecified atom stereocenters. The van der Waals surface area contributed by atoms with Crippen LogP contribution in [0.2, 0.25) is 0 Å². The van der Waals surface area contributed by atoms with Crippen molar-refractivity contribution < 1.29 is 14.7 Å². The van der Waals surface area contributed by atoms with E-state index in [1.54, 1.807) is 24.3 Å². The fraction of sp³-hybridized carbons (Fsp3) is 0.385. The summed E-state index contributed by atoms with van der Waals surface area (Å²) in [6.45, 7) is 0. The molecule has 0 aliphatic heterocycles. The number of rotatable bonds is 4. The van der Waals surface area contributed by atoms with Crippen LogP contribution in [0, 0.1) is 5.92 Å². The lowest BCUT2D eigenvalue weighted by molar-refractivity contribution is -0.143. The van der Waals surface area contributed by atoms with Gasteiger partial charge in [-0.2, -0.15) is 0 Å². The van der Waals surface area contributed by atoms with Gasteiger partial charge < -0.3 is 10.4 Å². The van der Waals surface area contributed by atoms with E-state index in [4.69, 9.17) is 5.11 Å². The molecule has 1 aromatic rings. The number of benzene rings is 1. The molecule has 1 atom stereocenters. The first-order valence-corrected chi connectivity index (χ1v) is 5.76. The van der Waals surface area contributed by atoms with Crippen LogP contribution < -0.4 is 5.32 Å². The normalized spacial score (nSPS) is 16.9. The molecule has 0 saturated heterocycles. The van der Waals surface area contributed by atoms with Gasteiger partial charge in [0.15, 0.2) is 6.04 Å². The summed E-state index contributed by atoms with van der Waals surface area (Å²) in [6, 6.07) is 7.82. The van der Waals surface area contributed by atoms with Crippen LogP contribution in [0.1, 0.15) is 30.9 Å². The quantitative estimate of drug-likeness (QED) is 0.832. The second kappa shape index (κ2) is 4.99. The lowest BCUT2D eigenvalue weighted by Crippen LogP contribution is -2.39. The molecule has 4 heteroatoms. The fourth-order valence-electron chi connectivity index (χ4n) is 1.86. The Labute approximate surface area is 99.6 Å². The average Bonchev–Trinajstić information content (AvgIpc) is 2.24. The minimum Gasteiger partial charge on any atom is -0.479 e. The number of carbonyl (C=O) groups excluding carboxylic acids is 1. The Hall–Kier alpha value is -1.84. The van der Waals surface area contributed by atoms with Gasteiger partial charge in [-0.05, 0) is 18.4 Å². The average molecular weight is 233 g/mol. The van der Waals surface area contributed by atoms with Gasteiger partial charge >= 0.3 is 5.97 Å². The zero-order chi connectivity index (χ0) is 12.3. The summed E-state index contributed by atoms with van der Waals surface area (Å²) in [6.07, 6.45) is 2.79. The summed E-state index contributed by atoms with van der Waals surface area (Å²) in [5.74, 6) is -1.17. The van der Waals surface area contributed by atoms with E-state index < -0.39 is 12.0 Å². The molecule has 0 radical (unpaired) electrons. The third-order valence-electron chi connectivity index (χ3n) is 3.14. The fourth-order valence-corrected chi connectivity index (χ4v) is 1.86. The smallest absolute Gasteiger partial charge is 0.330 e. The molecule has 0 spiro atoms. The van der Waals surface area contributed by atoms with Crippen LogP contribution in [-0.2, 0) is 9.59 Å². The Bertz CT molecular complexity index is 412. The van der Waals surface area contributed by atoms with Gasteiger partial charge in [0.25, 0.3) is 0 Å². The Morgan fingerprint density at radius 1 is 1.24 bits per heavy atom. The zero-order valence-corrected chi connectivity index (χ0v) is 9.43. The van der Waals surface area contributed by atoms with Crippen molar-refractivity contribution in [3.63, 3.8) is 0 Å². The molecule has 1 aliphatic carbocycles. The highest BCUT2D eigenvalue weighted by Crippen LogP contribution is 2.27. The molecule has 0 aromatic heterocycles. The third kappa shape index (κ3) is 2.64. The van der Waals surface area contributed by atoms with Crippen molar-refractivity contribution >= 4 is 11.9 Å². The van der Waals surface area contributed by atoms with E-state index >= 15 is 0 Å². The largest absolute Gasteiger partial charge is 0.479 e. The van der Waals surface area contributed by atoms with Crippen LogP contribution in [0.25, 0.3) is 0 Å². The number of nitrogens with one attached hydrogen (secondary N) is 1. The van der Waals surface area contributed by atoms with Gasteiger partial charge in [0.2, 0.25) is 5.91 Å². The number of amides is 1. The molecular formula is C13H15NO3. The summed E-state index contributed by atoms with van der Waals surface area (Å²) >= 11 is 0. The van der Waals surface area contributed by atoms with Gasteiger partial charge in [0, 0.05) is 5.92 Å². The number of carbonyl (C=O) groups is 2. The highest BCUT2D eigenvalue weighted by atomic mass is 16.4. The van der Waals surface area contributed by atoms with Crippen molar-refractivity contribution in [2.24, 2.45) is 5.92 Å². The monoisotopic (exact) mass is 233 g/mol. The minimum atomic E-state index is -1.02. The number of carboxylic acid groups (broad SMARTS) is 1. The van der Waals surface area contributed by atoms with Gasteiger partial charge in [0.05, 0.1) is 0 Å². The molecule has 90 valence electrons. The summed E-state index contributed by atoms with van der Waals surface area (Å²) < 4.78 is 0. The second-order valence-electron chi connectivity index (χ2n) is 4.32. The highest BCUT2D eigenvalue weighted by Gasteiger charge is 2.29. The molecule has 1 amide bonds. The maximum absolute atomic E-state index is 11.7. The molecule has 4 nitrogen and oxygen atoms in total. The van der Waals surface area contributed by atoms with Gasteiger partial charge in [-0.25, -0.2) is 4.79 Å². The van der Waals surface area contributed by atoms with Crippen LogP contribution >= 0.6 is 0 Å². The van der Waals surface area contributed by atoms with E-state index in [-0.39, 0.29) is 11.8 Å². The van der Waals surface area contributed by atoms with Gasteiger partial charge in [-0.3, -0.25) is 4.79 Å². The summed E-state index contributed by atoms with van der Waals surface area (Å²) in [5.41, 5.74) is 0.604. The summed E-state index contributed by atoms with van der Waals surface area (Å²) in [7, 11) is 0. The number of hydrogen-bond acceptors (Lipinski definition) is 2. The lowest BCUT2D eigenvalue weighted by Gasteiger charge is -2.26. The van der Waals surface area contributed by atoms with Gasteiger partial charge in [0.1, 0.15) is 0 Å². The minimum absolute atomic E-state index is 0.000521. The first-order valence-electron chi connectivity index (χ1n) is 5.76. The maximum Gasteiger partial charge on any atom is 0.330 e. The van der Waals surface area contributed by atoms with Crippen LogP contribution in [0.4, 0.5) is 0 Å². The molecule has 1 saturated carbocycles. The first-order chi connectivity index (χ1) is 8.18. The molecule has 2 N–H and O–H groups in total. The van der Waals surface area contributed by atoms with E-state index in [9.17, 15) is 9.59 Å². The van der Waals surface area contributed by atoms with Crippen LogP contribution in [0.5, 0.6) is 0 Å². The molecular weight excluding hydrogens is 218 g/mol. The number of carboxylic acids is 1. The van der Waals surface area contributed by atoms with Crippen molar-refractivity contribution in [1.82, 2.24) is 5.32 Å². The van der Waals surface area contributed by atoms with E-state index in [0.29, 0.717) is 5.56 Å². The predicted molar refractivity (Wildman–Crippen MR) is 62.3 cm³/mol. The van der Waals surface area contributed by atoms with E-state index in [1.165, 1.54) is 0 Å². The molecule has 1 aliphatic rings. The van der Waals surface area contributed by atoms with E-state index in [0.717, 1.165) is 19.3 Å². The molecule has 1 aromatic carbocycles. The van der Waals surface area contributed by atoms with Crippen LogP contribution in [0.15, 0.2) is 30.3 Å². The maximum atomic E-state index is 11.7. The van der Waals surface area contributed by atoms with Crippen molar-refractivity contribution in [3.8, 4) is 0 Å². The lowest BCUT2D eigenvalue weighted by atomic mass is 9.84. The van der Waals surface area contributed by atoms with E-state index in [2.05, 4.69) is 5.32 Å². The van der Waals surface area contributed by atoms with Crippen LogP contribution in [0.3, 0.4) is 0 Å². The molecule has 1 fully saturated rings. The standard InChI is InChI=1S/C13H15NO3/c15-12(10-7-4-8-10)14-11(13(16)17)9-5-2-1-3-6-9/h1-3,5-6,10-11H,4,7-8H2,(H,14,15)(H,16,17)/t11-/m0/s1. The third-order valence-corrected chi connectivity index (χ3v) is 3.14. The predicted octanol–water partition coefficient (Wildman–Crippen LogP) is 1.73.